The number of hydrogen-bond acceptors (Lipinski definition) is 6. The second-order valence-electron chi connectivity index (χ2n) is 4.76. The van der Waals surface area contributed by atoms with Crippen molar-refractivity contribution < 1.29 is 9.53 Å². The Hall–Kier alpha value is -2.41. The number of carbonyl (C=O) groups excluding carboxylic acids is 1. The molecule has 1 atom stereocenters. The van der Waals surface area contributed by atoms with Crippen LogP contribution in [0.2, 0.25) is 0 Å². The van der Waals surface area contributed by atoms with Crippen molar-refractivity contribution in [3.8, 4) is 0 Å². The number of nitrogens with zero attached hydrogens (tertiary/aromatic N) is 5. The van der Waals surface area contributed by atoms with Crippen LogP contribution >= 0.6 is 0 Å². The highest BCUT2D eigenvalue weighted by atomic mass is 16.5. The fourth-order valence-electron chi connectivity index (χ4n) is 2.18. The van der Waals surface area contributed by atoms with Crippen LogP contribution in [0.1, 0.15) is 28.1 Å². The van der Waals surface area contributed by atoms with Gasteiger partial charge in [0.05, 0.1) is 19.3 Å². The molecule has 1 aliphatic heterocycles. The Balaban J connectivity index is 1.75. The summed E-state index contributed by atoms with van der Waals surface area (Å²) in [5.41, 5.74) is 1.21. The molecule has 0 aromatic carbocycles. The predicted molar refractivity (Wildman–Crippen MR) is 73.4 cm³/mol. The van der Waals surface area contributed by atoms with Crippen LogP contribution in [-0.2, 0) is 4.74 Å². The zero-order valence-corrected chi connectivity index (χ0v) is 11.6. The topological polar surface area (TPSA) is 81.1 Å². The summed E-state index contributed by atoms with van der Waals surface area (Å²) in [6, 6.07) is 1.83. The standard InChI is InChI=1S/C14H15N5O2/c1-10-2-3-17-13(18-10)12-9-19(6-7-21-12)14(20)11-8-15-4-5-16-11/h2-5,8,12H,6-7,9H2,1H3/t12-/m0/s1. The number of rotatable bonds is 2. The Kier molecular flexibility index (Phi) is 3.83. The summed E-state index contributed by atoms with van der Waals surface area (Å²) in [6.45, 7) is 3.29. The highest BCUT2D eigenvalue weighted by Gasteiger charge is 2.28. The van der Waals surface area contributed by atoms with Crippen molar-refractivity contribution in [3.05, 3.63) is 48.1 Å². The van der Waals surface area contributed by atoms with Gasteiger partial charge in [0, 0.05) is 30.8 Å². The third-order valence-electron chi connectivity index (χ3n) is 3.24. The third-order valence-corrected chi connectivity index (χ3v) is 3.24. The Bertz CT molecular complexity index is 634. The van der Waals surface area contributed by atoms with E-state index >= 15 is 0 Å². The van der Waals surface area contributed by atoms with Gasteiger partial charge in [-0.1, -0.05) is 0 Å². The second-order valence-corrected chi connectivity index (χ2v) is 4.76. The molecule has 1 saturated heterocycles. The molecule has 7 heteroatoms. The van der Waals surface area contributed by atoms with Gasteiger partial charge in [0.2, 0.25) is 0 Å². The monoisotopic (exact) mass is 285 g/mol. The molecule has 1 aliphatic rings. The molecular formula is C14H15N5O2. The van der Waals surface area contributed by atoms with E-state index in [1.165, 1.54) is 12.4 Å². The third kappa shape index (κ3) is 3.03. The molecule has 0 saturated carbocycles. The minimum absolute atomic E-state index is 0.149. The molecule has 2 aromatic heterocycles. The summed E-state index contributed by atoms with van der Waals surface area (Å²) in [5, 5.41) is 0. The van der Waals surface area contributed by atoms with Crippen LogP contribution in [0.3, 0.4) is 0 Å². The Morgan fingerprint density at radius 3 is 3.00 bits per heavy atom. The Labute approximate surface area is 122 Å². The molecule has 0 aliphatic carbocycles. The number of aryl methyl sites for hydroxylation is 1. The van der Waals surface area contributed by atoms with Crippen molar-refractivity contribution in [2.75, 3.05) is 19.7 Å². The van der Waals surface area contributed by atoms with Crippen LogP contribution in [0.15, 0.2) is 30.9 Å². The highest BCUT2D eigenvalue weighted by Crippen LogP contribution is 2.20. The summed E-state index contributed by atoms with van der Waals surface area (Å²) >= 11 is 0. The average molecular weight is 285 g/mol. The lowest BCUT2D eigenvalue weighted by Gasteiger charge is -2.31. The van der Waals surface area contributed by atoms with Crippen LogP contribution in [-0.4, -0.2) is 50.4 Å². The van der Waals surface area contributed by atoms with Crippen LogP contribution in [0.4, 0.5) is 0 Å². The molecule has 3 rings (SSSR count). The van der Waals surface area contributed by atoms with E-state index < -0.39 is 0 Å². The maximum Gasteiger partial charge on any atom is 0.274 e. The first-order valence-electron chi connectivity index (χ1n) is 6.70. The van der Waals surface area contributed by atoms with Crippen molar-refractivity contribution in [3.63, 3.8) is 0 Å². The Morgan fingerprint density at radius 1 is 1.33 bits per heavy atom. The summed E-state index contributed by atoms with van der Waals surface area (Å²) in [7, 11) is 0. The van der Waals surface area contributed by atoms with Crippen molar-refractivity contribution in [1.29, 1.82) is 0 Å². The fourth-order valence-corrected chi connectivity index (χ4v) is 2.18. The van der Waals surface area contributed by atoms with Gasteiger partial charge in [-0.05, 0) is 13.0 Å². The fraction of sp³-hybridized carbons (Fsp3) is 0.357. The molecule has 21 heavy (non-hydrogen) atoms. The van der Waals surface area contributed by atoms with E-state index in [-0.39, 0.29) is 12.0 Å². The van der Waals surface area contributed by atoms with Crippen LogP contribution in [0.25, 0.3) is 0 Å². The van der Waals surface area contributed by atoms with E-state index in [1.54, 1.807) is 17.3 Å². The van der Waals surface area contributed by atoms with Gasteiger partial charge in [-0.15, -0.1) is 0 Å². The predicted octanol–water partition coefficient (Wildman–Crippen LogP) is 0.789. The zero-order valence-electron chi connectivity index (χ0n) is 11.6. The van der Waals surface area contributed by atoms with Gasteiger partial charge in [-0.3, -0.25) is 9.78 Å². The number of morpholine rings is 1. The van der Waals surface area contributed by atoms with E-state index in [1.807, 2.05) is 13.0 Å². The lowest BCUT2D eigenvalue weighted by molar-refractivity contribution is -0.0270. The molecule has 108 valence electrons. The lowest BCUT2D eigenvalue weighted by Crippen LogP contribution is -2.43. The minimum atomic E-state index is -0.306. The van der Waals surface area contributed by atoms with E-state index in [4.69, 9.17) is 4.74 Å². The maximum atomic E-state index is 12.4. The Morgan fingerprint density at radius 2 is 2.24 bits per heavy atom. The highest BCUT2D eigenvalue weighted by molar-refractivity contribution is 5.92. The lowest BCUT2D eigenvalue weighted by atomic mass is 10.2. The van der Waals surface area contributed by atoms with Gasteiger partial charge in [-0.25, -0.2) is 15.0 Å². The van der Waals surface area contributed by atoms with Crippen LogP contribution < -0.4 is 0 Å². The number of amides is 1. The molecule has 0 bridgehead atoms. The van der Waals surface area contributed by atoms with E-state index in [2.05, 4.69) is 19.9 Å². The molecule has 0 N–H and O–H groups in total. The first kappa shape index (κ1) is 13.6. The second kappa shape index (κ2) is 5.92. The van der Waals surface area contributed by atoms with E-state index in [0.29, 0.717) is 31.2 Å². The van der Waals surface area contributed by atoms with Gasteiger partial charge in [0.1, 0.15) is 11.8 Å². The van der Waals surface area contributed by atoms with Gasteiger partial charge in [0.15, 0.2) is 5.82 Å². The van der Waals surface area contributed by atoms with Crippen LogP contribution in [0, 0.1) is 6.92 Å². The number of carbonyl (C=O) groups is 1. The molecular weight excluding hydrogens is 270 g/mol. The molecule has 1 fully saturated rings. The molecule has 2 aromatic rings. The molecule has 7 nitrogen and oxygen atoms in total. The van der Waals surface area contributed by atoms with E-state index in [9.17, 15) is 4.79 Å². The number of aromatic nitrogens is 4. The summed E-state index contributed by atoms with van der Waals surface area (Å²) in [5.74, 6) is 0.454. The zero-order chi connectivity index (χ0) is 14.7. The minimum Gasteiger partial charge on any atom is -0.367 e. The van der Waals surface area contributed by atoms with Crippen molar-refractivity contribution in [1.82, 2.24) is 24.8 Å². The number of hydrogen-bond donors (Lipinski definition) is 0. The summed E-state index contributed by atoms with van der Waals surface area (Å²) in [6.07, 6.45) is 5.91. The van der Waals surface area contributed by atoms with Gasteiger partial charge < -0.3 is 9.64 Å². The first-order valence-corrected chi connectivity index (χ1v) is 6.70. The molecule has 1 amide bonds. The first-order chi connectivity index (χ1) is 10.2. The molecule has 0 spiro atoms. The van der Waals surface area contributed by atoms with Crippen molar-refractivity contribution in [2.24, 2.45) is 0 Å². The van der Waals surface area contributed by atoms with E-state index in [0.717, 1.165) is 5.69 Å². The average Bonchev–Trinajstić information content (AvgIpc) is 2.55. The van der Waals surface area contributed by atoms with Crippen LogP contribution in [0.5, 0.6) is 0 Å². The number of ether oxygens (including phenoxy) is 1. The van der Waals surface area contributed by atoms with Crippen molar-refractivity contribution in [2.45, 2.75) is 13.0 Å². The normalized spacial score (nSPS) is 18.5. The largest absolute Gasteiger partial charge is 0.367 e. The van der Waals surface area contributed by atoms with Crippen molar-refractivity contribution >= 4 is 5.91 Å². The quantitative estimate of drug-likeness (QED) is 0.811. The van der Waals surface area contributed by atoms with Gasteiger partial charge >= 0.3 is 0 Å². The summed E-state index contributed by atoms with van der Waals surface area (Å²) < 4.78 is 5.68. The van der Waals surface area contributed by atoms with Gasteiger partial charge in [0.25, 0.3) is 5.91 Å². The molecule has 0 unspecified atom stereocenters. The van der Waals surface area contributed by atoms with Gasteiger partial charge in [-0.2, -0.15) is 0 Å². The smallest absolute Gasteiger partial charge is 0.274 e. The molecule has 3 heterocycles. The maximum absolute atomic E-state index is 12.4. The molecule has 0 radical (unpaired) electrons. The summed E-state index contributed by atoms with van der Waals surface area (Å²) in [4.78, 5) is 30.6. The SMILES string of the molecule is Cc1ccnc([C@@H]2CN(C(=O)c3cnccn3)CCO2)n1.